The lowest BCUT2D eigenvalue weighted by Gasteiger charge is -2.29. The van der Waals surface area contributed by atoms with Crippen LogP contribution in [0.4, 0.5) is 13.6 Å². The molecule has 1 saturated heterocycles. The predicted molar refractivity (Wildman–Crippen MR) is 129 cm³/mol. The van der Waals surface area contributed by atoms with Gasteiger partial charge in [-0.3, -0.25) is 9.69 Å². The van der Waals surface area contributed by atoms with Gasteiger partial charge in [-0.25, -0.2) is 18.4 Å². The number of esters is 1. The Morgan fingerprint density at radius 1 is 0.972 bits per heavy atom. The molecule has 36 heavy (non-hydrogen) atoms. The van der Waals surface area contributed by atoms with Crippen molar-refractivity contribution in [1.82, 2.24) is 10.2 Å². The van der Waals surface area contributed by atoms with Crippen molar-refractivity contribution in [3.05, 3.63) is 65.2 Å². The minimum atomic E-state index is -1.15. The maximum Gasteiger partial charge on any atom is 0.350 e. The summed E-state index contributed by atoms with van der Waals surface area (Å²) in [5.41, 5.74) is -0.565. The van der Waals surface area contributed by atoms with Crippen molar-refractivity contribution in [2.45, 2.75) is 77.7 Å². The van der Waals surface area contributed by atoms with Crippen LogP contribution < -0.4 is 10.1 Å². The fraction of sp³-hybridized carbons (Fsp3) is 0.444. The van der Waals surface area contributed by atoms with Crippen LogP contribution in [0.1, 0.15) is 58.6 Å². The first-order chi connectivity index (χ1) is 16.7. The summed E-state index contributed by atoms with van der Waals surface area (Å²) in [6, 6.07) is 8.95. The number of carbonyl (C=O) groups excluding carboxylic acids is 3. The molecule has 194 valence electrons. The maximum atomic E-state index is 13.4. The van der Waals surface area contributed by atoms with Crippen LogP contribution in [0, 0.1) is 11.6 Å². The van der Waals surface area contributed by atoms with Crippen LogP contribution in [-0.4, -0.2) is 40.1 Å². The second-order valence-electron chi connectivity index (χ2n) is 10.4. The highest BCUT2D eigenvalue weighted by Gasteiger charge is 2.37. The second kappa shape index (κ2) is 10.6. The van der Waals surface area contributed by atoms with E-state index >= 15 is 0 Å². The lowest BCUT2D eigenvalue weighted by atomic mass is 10.0. The lowest BCUT2D eigenvalue weighted by molar-refractivity contribution is -0.170. The molecule has 2 aromatic carbocycles. The van der Waals surface area contributed by atoms with Crippen LogP contribution in [0.15, 0.2) is 42.5 Å². The third-order valence-corrected chi connectivity index (χ3v) is 5.52. The van der Waals surface area contributed by atoms with Crippen LogP contribution in [-0.2, 0) is 27.3 Å². The third kappa shape index (κ3) is 7.26. The molecule has 0 saturated carbocycles. The number of carbonyl (C=O) groups is 3. The number of hydrogen-bond acceptors (Lipinski definition) is 5. The van der Waals surface area contributed by atoms with Crippen molar-refractivity contribution in [1.29, 1.82) is 0 Å². The Morgan fingerprint density at radius 2 is 1.58 bits per heavy atom. The van der Waals surface area contributed by atoms with Gasteiger partial charge in [0.25, 0.3) is 5.91 Å². The van der Waals surface area contributed by atoms with Crippen LogP contribution in [0.5, 0.6) is 5.75 Å². The van der Waals surface area contributed by atoms with E-state index in [1.807, 2.05) is 12.1 Å². The van der Waals surface area contributed by atoms with Gasteiger partial charge < -0.3 is 14.8 Å². The van der Waals surface area contributed by atoms with E-state index in [4.69, 9.17) is 9.47 Å². The molecular formula is C27H32F2N2O5. The molecular weight excluding hydrogens is 470 g/mol. The largest absolute Gasteiger partial charge is 0.476 e. The Hall–Kier alpha value is -3.49. The molecule has 0 aliphatic carbocycles. The topological polar surface area (TPSA) is 84.9 Å². The number of rotatable bonds is 9. The zero-order valence-electron chi connectivity index (χ0n) is 21.2. The lowest BCUT2D eigenvalue weighted by Crippen LogP contribution is -2.43. The van der Waals surface area contributed by atoms with E-state index in [2.05, 4.69) is 5.32 Å². The van der Waals surface area contributed by atoms with Gasteiger partial charge in [0.15, 0.2) is 5.60 Å². The molecule has 0 spiro atoms. The molecule has 1 aliphatic rings. The summed E-state index contributed by atoms with van der Waals surface area (Å²) in [5.74, 6) is -1.88. The number of amides is 3. The molecule has 1 aliphatic heterocycles. The van der Waals surface area contributed by atoms with Gasteiger partial charge in [-0.2, -0.15) is 0 Å². The Bertz CT molecular complexity index is 1110. The first kappa shape index (κ1) is 27.1. The molecule has 1 heterocycles. The molecule has 3 rings (SSSR count). The standard InChI is InChI=1S/C27H32F2N2O5/c1-26(2,3)36-24(33)27(4,5)35-21-11-9-17(10-12-21)7-6-8-22-23(32)31(25(34)30-22)16-18-13-19(28)15-20(29)14-18/h9-15,22H,6-8,16H2,1-5H3,(H,30,34). The van der Waals surface area contributed by atoms with E-state index in [-0.39, 0.29) is 12.1 Å². The smallest absolute Gasteiger partial charge is 0.350 e. The van der Waals surface area contributed by atoms with E-state index < -0.39 is 46.8 Å². The van der Waals surface area contributed by atoms with Gasteiger partial charge in [-0.15, -0.1) is 0 Å². The molecule has 1 fully saturated rings. The van der Waals surface area contributed by atoms with Crippen LogP contribution in [0.25, 0.3) is 0 Å². The van der Waals surface area contributed by atoms with Crippen molar-refractivity contribution < 1.29 is 32.6 Å². The number of halogens is 2. The predicted octanol–water partition coefficient (Wildman–Crippen LogP) is 4.91. The molecule has 9 heteroatoms. The van der Waals surface area contributed by atoms with Crippen molar-refractivity contribution in [3.63, 3.8) is 0 Å². The van der Waals surface area contributed by atoms with Crippen LogP contribution in [0.2, 0.25) is 0 Å². The minimum Gasteiger partial charge on any atom is -0.476 e. The van der Waals surface area contributed by atoms with E-state index in [1.165, 1.54) is 0 Å². The minimum absolute atomic E-state index is 0.197. The van der Waals surface area contributed by atoms with Crippen molar-refractivity contribution in [2.75, 3.05) is 0 Å². The van der Waals surface area contributed by atoms with Crippen molar-refractivity contribution in [2.24, 2.45) is 0 Å². The van der Waals surface area contributed by atoms with Gasteiger partial charge in [0.1, 0.15) is 29.0 Å². The number of hydrogen-bond donors (Lipinski definition) is 1. The molecule has 0 radical (unpaired) electrons. The Kier molecular flexibility index (Phi) is 8.01. The molecule has 1 unspecified atom stereocenters. The van der Waals surface area contributed by atoms with Crippen LogP contribution in [0.3, 0.4) is 0 Å². The molecule has 0 aromatic heterocycles. The van der Waals surface area contributed by atoms with Gasteiger partial charge >= 0.3 is 12.0 Å². The quantitative estimate of drug-likeness (QED) is 0.389. The normalized spacial score (nSPS) is 16.2. The van der Waals surface area contributed by atoms with Gasteiger partial charge in [-0.05, 0) is 89.3 Å². The third-order valence-electron chi connectivity index (χ3n) is 5.52. The van der Waals surface area contributed by atoms with Gasteiger partial charge in [0.05, 0.1) is 6.54 Å². The molecule has 1 atom stereocenters. The Morgan fingerprint density at radius 3 is 2.17 bits per heavy atom. The Balaban J connectivity index is 1.50. The monoisotopic (exact) mass is 502 g/mol. The second-order valence-corrected chi connectivity index (χ2v) is 10.4. The zero-order valence-corrected chi connectivity index (χ0v) is 21.2. The van der Waals surface area contributed by atoms with E-state index in [1.54, 1.807) is 46.8 Å². The fourth-order valence-corrected chi connectivity index (χ4v) is 3.78. The fourth-order valence-electron chi connectivity index (χ4n) is 3.78. The number of imide groups is 1. The van der Waals surface area contributed by atoms with E-state index in [9.17, 15) is 23.2 Å². The summed E-state index contributed by atoms with van der Waals surface area (Å²) in [6.45, 7) is 8.49. The average molecular weight is 503 g/mol. The zero-order chi connectivity index (χ0) is 26.7. The number of nitrogens with one attached hydrogen (secondary N) is 1. The number of ether oxygens (including phenoxy) is 2. The molecule has 0 bridgehead atoms. The molecule has 7 nitrogen and oxygen atoms in total. The average Bonchev–Trinajstić information content (AvgIpc) is 3.00. The van der Waals surface area contributed by atoms with Crippen molar-refractivity contribution >= 4 is 17.9 Å². The van der Waals surface area contributed by atoms with Gasteiger partial charge in [-0.1, -0.05) is 12.1 Å². The SMILES string of the molecule is CC(C)(C)OC(=O)C(C)(C)Oc1ccc(CCCC2NC(=O)N(Cc3cc(F)cc(F)c3)C2=O)cc1. The van der Waals surface area contributed by atoms with E-state index in [0.29, 0.717) is 25.0 Å². The van der Waals surface area contributed by atoms with Crippen molar-refractivity contribution in [3.8, 4) is 5.75 Å². The number of nitrogens with zero attached hydrogens (tertiary/aromatic N) is 1. The summed E-state index contributed by atoms with van der Waals surface area (Å²) in [7, 11) is 0. The highest BCUT2D eigenvalue weighted by atomic mass is 19.1. The Labute approximate surface area is 209 Å². The molecule has 3 amide bonds. The van der Waals surface area contributed by atoms with Crippen LogP contribution >= 0.6 is 0 Å². The summed E-state index contributed by atoms with van der Waals surface area (Å²) in [4.78, 5) is 38.2. The maximum absolute atomic E-state index is 13.4. The first-order valence-electron chi connectivity index (χ1n) is 11.8. The summed E-state index contributed by atoms with van der Waals surface area (Å²) in [6.07, 6.45) is 1.70. The summed E-state index contributed by atoms with van der Waals surface area (Å²) in [5, 5.41) is 2.64. The molecule has 2 aromatic rings. The highest BCUT2D eigenvalue weighted by Crippen LogP contribution is 2.23. The first-order valence-corrected chi connectivity index (χ1v) is 11.8. The molecule has 1 N–H and O–H groups in total. The van der Waals surface area contributed by atoms with E-state index in [0.717, 1.165) is 28.7 Å². The summed E-state index contributed by atoms with van der Waals surface area (Å²) < 4.78 is 38.1. The number of urea groups is 1. The van der Waals surface area contributed by atoms with Gasteiger partial charge in [0.2, 0.25) is 0 Å². The highest BCUT2D eigenvalue weighted by molar-refractivity contribution is 6.04. The van der Waals surface area contributed by atoms with Gasteiger partial charge in [0, 0.05) is 6.07 Å². The number of aryl methyl sites for hydroxylation is 1. The number of benzene rings is 2. The summed E-state index contributed by atoms with van der Waals surface area (Å²) >= 11 is 0.